The van der Waals surface area contributed by atoms with E-state index in [1.807, 2.05) is 19.1 Å². The van der Waals surface area contributed by atoms with E-state index in [9.17, 15) is 4.79 Å². The molecular formula is C17H29IN4O4. The molecule has 1 aliphatic rings. The summed E-state index contributed by atoms with van der Waals surface area (Å²) in [5.74, 6) is 1.78. The number of aliphatic imine (C=N–C) groups is 1. The van der Waals surface area contributed by atoms with Crippen LogP contribution in [0.15, 0.2) is 27.8 Å². The van der Waals surface area contributed by atoms with Crippen molar-refractivity contribution >= 4 is 36.0 Å². The number of halogens is 1. The molecule has 1 aromatic rings. The zero-order chi connectivity index (χ0) is 17.9. The second-order valence-electron chi connectivity index (χ2n) is 5.63. The molecule has 148 valence electrons. The SMILES string of the molecule is CCOC(=O)N1CCN(C(=NCCOC)NCCc2ccco2)CC1.I. The first-order chi connectivity index (χ1) is 12.2. The van der Waals surface area contributed by atoms with Crippen LogP contribution >= 0.6 is 24.0 Å². The quantitative estimate of drug-likeness (QED) is 0.278. The third-order valence-corrected chi connectivity index (χ3v) is 3.90. The number of rotatable bonds is 7. The summed E-state index contributed by atoms with van der Waals surface area (Å²) in [5.41, 5.74) is 0. The minimum atomic E-state index is -0.245. The van der Waals surface area contributed by atoms with Gasteiger partial charge in [0.1, 0.15) is 5.76 Å². The highest BCUT2D eigenvalue weighted by molar-refractivity contribution is 14.0. The Morgan fingerprint density at radius 2 is 2.04 bits per heavy atom. The maximum absolute atomic E-state index is 11.8. The molecule has 1 fully saturated rings. The summed E-state index contributed by atoms with van der Waals surface area (Å²) < 4.78 is 15.5. The summed E-state index contributed by atoms with van der Waals surface area (Å²) >= 11 is 0. The number of amides is 1. The summed E-state index contributed by atoms with van der Waals surface area (Å²) in [5, 5.41) is 3.38. The molecule has 0 aromatic carbocycles. The Morgan fingerprint density at radius 3 is 2.65 bits per heavy atom. The Hall–Kier alpha value is -1.49. The van der Waals surface area contributed by atoms with Crippen LogP contribution in [-0.4, -0.2) is 81.4 Å². The highest BCUT2D eigenvalue weighted by Gasteiger charge is 2.23. The van der Waals surface area contributed by atoms with Gasteiger partial charge in [-0.25, -0.2) is 4.79 Å². The van der Waals surface area contributed by atoms with Gasteiger partial charge in [0.2, 0.25) is 0 Å². The van der Waals surface area contributed by atoms with E-state index >= 15 is 0 Å². The summed E-state index contributed by atoms with van der Waals surface area (Å²) in [6.07, 6.45) is 2.22. The van der Waals surface area contributed by atoms with E-state index in [0.29, 0.717) is 32.8 Å². The van der Waals surface area contributed by atoms with E-state index in [-0.39, 0.29) is 30.1 Å². The van der Waals surface area contributed by atoms with Crippen molar-refractivity contribution < 1.29 is 18.7 Å². The number of piperazine rings is 1. The maximum atomic E-state index is 11.8. The molecule has 0 spiro atoms. The third-order valence-electron chi connectivity index (χ3n) is 3.90. The number of methoxy groups -OCH3 is 1. The van der Waals surface area contributed by atoms with Crippen LogP contribution in [0.1, 0.15) is 12.7 Å². The number of carbonyl (C=O) groups excluding carboxylic acids is 1. The number of carbonyl (C=O) groups is 1. The number of nitrogens with zero attached hydrogens (tertiary/aromatic N) is 3. The van der Waals surface area contributed by atoms with Crippen LogP contribution in [0.4, 0.5) is 4.79 Å². The highest BCUT2D eigenvalue weighted by Crippen LogP contribution is 2.05. The lowest BCUT2D eigenvalue weighted by atomic mass is 10.3. The Balaban J connectivity index is 0.00000338. The van der Waals surface area contributed by atoms with Crippen molar-refractivity contribution in [2.45, 2.75) is 13.3 Å². The molecule has 0 unspecified atom stereocenters. The molecule has 8 nitrogen and oxygen atoms in total. The van der Waals surface area contributed by atoms with Crippen LogP contribution in [0, 0.1) is 0 Å². The van der Waals surface area contributed by atoms with Crippen molar-refractivity contribution in [2.24, 2.45) is 4.99 Å². The van der Waals surface area contributed by atoms with Gasteiger partial charge in [-0.3, -0.25) is 4.99 Å². The van der Waals surface area contributed by atoms with E-state index in [0.717, 1.165) is 37.8 Å². The molecule has 1 aromatic heterocycles. The van der Waals surface area contributed by atoms with E-state index in [1.54, 1.807) is 18.3 Å². The Kier molecular flexibility index (Phi) is 11.1. The molecule has 1 aliphatic heterocycles. The number of furan rings is 1. The maximum Gasteiger partial charge on any atom is 0.409 e. The molecule has 1 N–H and O–H groups in total. The summed E-state index contributed by atoms with van der Waals surface area (Å²) in [7, 11) is 1.66. The van der Waals surface area contributed by atoms with Gasteiger partial charge in [-0.15, -0.1) is 24.0 Å². The monoisotopic (exact) mass is 480 g/mol. The van der Waals surface area contributed by atoms with E-state index in [2.05, 4.69) is 15.2 Å². The normalized spacial score (nSPS) is 14.8. The van der Waals surface area contributed by atoms with E-state index in [4.69, 9.17) is 13.9 Å². The second kappa shape index (κ2) is 12.8. The fraction of sp³-hybridized carbons (Fsp3) is 0.647. The van der Waals surface area contributed by atoms with Gasteiger partial charge in [0, 0.05) is 46.3 Å². The number of ether oxygens (including phenoxy) is 2. The number of hydrogen-bond acceptors (Lipinski definition) is 5. The van der Waals surface area contributed by atoms with Crippen molar-refractivity contribution in [2.75, 3.05) is 59.6 Å². The molecule has 0 radical (unpaired) electrons. The van der Waals surface area contributed by atoms with Crippen LogP contribution < -0.4 is 5.32 Å². The number of guanidine groups is 1. The zero-order valence-electron chi connectivity index (χ0n) is 15.5. The lowest BCUT2D eigenvalue weighted by Crippen LogP contribution is -2.54. The number of hydrogen-bond donors (Lipinski definition) is 1. The molecule has 1 saturated heterocycles. The topological polar surface area (TPSA) is 79.5 Å². The Bertz CT molecular complexity index is 531. The van der Waals surface area contributed by atoms with Gasteiger partial charge in [0.15, 0.2) is 5.96 Å². The van der Waals surface area contributed by atoms with Crippen molar-refractivity contribution in [3.63, 3.8) is 0 Å². The molecule has 0 atom stereocenters. The minimum Gasteiger partial charge on any atom is -0.469 e. The van der Waals surface area contributed by atoms with E-state index in [1.165, 1.54) is 0 Å². The predicted octanol–water partition coefficient (Wildman–Crippen LogP) is 1.81. The predicted molar refractivity (Wildman–Crippen MR) is 110 cm³/mol. The van der Waals surface area contributed by atoms with Crippen molar-refractivity contribution in [1.82, 2.24) is 15.1 Å². The van der Waals surface area contributed by atoms with Crippen LogP contribution in [0.3, 0.4) is 0 Å². The standard InChI is InChI=1S/C17H28N4O4.HI/c1-3-24-17(22)21-11-9-20(10-12-21)16(19-8-14-23-2)18-7-6-15-5-4-13-25-15;/h4-5,13H,3,6-12,14H2,1-2H3,(H,18,19);1H. The van der Waals surface area contributed by atoms with Crippen LogP contribution in [0.5, 0.6) is 0 Å². The van der Waals surface area contributed by atoms with Crippen LogP contribution in [-0.2, 0) is 15.9 Å². The Labute approximate surface area is 171 Å². The van der Waals surface area contributed by atoms with Gasteiger partial charge in [-0.1, -0.05) is 0 Å². The summed E-state index contributed by atoms with van der Waals surface area (Å²) in [6, 6.07) is 3.85. The summed E-state index contributed by atoms with van der Waals surface area (Å²) in [6.45, 7) is 6.82. The fourth-order valence-electron chi connectivity index (χ4n) is 2.58. The molecule has 9 heteroatoms. The van der Waals surface area contributed by atoms with Crippen LogP contribution in [0.25, 0.3) is 0 Å². The average molecular weight is 480 g/mol. The zero-order valence-corrected chi connectivity index (χ0v) is 17.8. The molecule has 0 aliphatic carbocycles. The molecular weight excluding hydrogens is 451 g/mol. The smallest absolute Gasteiger partial charge is 0.409 e. The molecule has 1 amide bonds. The third kappa shape index (κ3) is 7.40. The number of nitrogens with one attached hydrogen (secondary N) is 1. The molecule has 0 saturated carbocycles. The highest BCUT2D eigenvalue weighted by atomic mass is 127. The van der Waals surface area contributed by atoms with Gasteiger partial charge < -0.3 is 29.0 Å². The molecule has 26 heavy (non-hydrogen) atoms. The van der Waals surface area contributed by atoms with Crippen molar-refractivity contribution in [3.05, 3.63) is 24.2 Å². The molecule has 2 rings (SSSR count). The van der Waals surface area contributed by atoms with Crippen LogP contribution in [0.2, 0.25) is 0 Å². The van der Waals surface area contributed by atoms with Crippen molar-refractivity contribution in [3.8, 4) is 0 Å². The van der Waals surface area contributed by atoms with E-state index < -0.39 is 0 Å². The average Bonchev–Trinajstić information content (AvgIpc) is 3.14. The van der Waals surface area contributed by atoms with Gasteiger partial charge in [0.25, 0.3) is 0 Å². The van der Waals surface area contributed by atoms with Gasteiger partial charge in [0.05, 0.1) is 26.0 Å². The Morgan fingerprint density at radius 1 is 1.31 bits per heavy atom. The van der Waals surface area contributed by atoms with Gasteiger partial charge in [-0.2, -0.15) is 0 Å². The largest absolute Gasteiger partial charge is 0.469 e. The lowest BCUT2D eigenvalue weighted by molar-refractivity contribution is 0.0914. The van der Waals surface area contributed by atoms with Gasteiger partial charge >= 0.3 is 6.09 Å². The lowest BCUT2D eigenvalue weighted by Gasteiger charge is -2.36. The first-order valence-corrected chi connectivity index (χ1v) is 8.71. The van der Waals surface area contributed by atoms with Crippen molar-refractivity contribution in [1.29, 1.82) is 0 Å². The summed E-state index contributed by atoms with van der Waals surface area (Å²) in [4.78, 5) is 20.3. The molecule has 0 bridgehead atoms. The minimum absolute atomic E-state index is 0. The first-order valence-electron chi connectivity index (χ1n) is 8.71. The second-order valence-corrected chi connectivity index (χ2v) is 5.63. The fourth-order valence-corrected chi connectivity index (χ4v) is 2.58. The van der Waals surface area contributed by atoms with Gasteiger partial charge in [-0.05, 0) is 19.1 Å². The first kappa shape index (κ1) is 22.6. The molecule has 2 heterocycles.